The number of nitrogens with zero attached hydrogens (tertiary/aromatic N) is 1. The molecule has 0 aliphatic rings. The molecule has 0 radical (unpaired) electrons. The van der Waals surface area contributed by atoms with Gasteiger partial charge >= 0.3 is 0 Å². The van der Waals surface area contributed by atoms with Crippen LogP contribution in [0.1, 0.15) is 0 Å². The summed E-state index contributed by atoms with van der Waals surface area (Å²) in [4.78, 5) is -0.00529. The summed E-state index contributed by atoms with van der Waals surface area (Å²) in [5.41, 5.74) is 0. The average molecular weight is 303 g/mol. The highest BCUT2D eigenvalue weighted by molar-refractivity contribution is 7.89. The highest BCUT2D eigenvalue weighted by Gasteiger charge is 2.23. The van der Waals surface area contributed by atoms with Gasteiger partial charge in [0.15, 0.2) is 0 Å². The van der Waals surface area contributed by atoms with Crippen LogP contribution in [0.5, 0.6) is 0 Å². The lowest BCUT2D eigenvalue weighted by Crippen LogP contribution is -2.29. The van der Waals surface area contributed by atoms with E-state index in [-0.39, 0.29) is 27.4 Å². The molecule has 90 valence electrons. The Morgan fingerprint density at radius 3 is 2.50 bits per heavy atom. The minimum absolute atomic E-state index is 0.00529. The largest absolute Gasteiger partial charge is 0.244 e. The Morgan fingerprint density at radius 1 is 1.31 bits per heavy atom. The molecule has 0 aliphatic carbocycles. The van der Waals surface area contributed by atoms with Crippen molar-refractivity contribution in [3.8, 4) is 0 Å². The van der Waals surface area contributed by atoms with Crippen molar-refractivity contribution >= 4 is 44.8 Å². The number of alkyl halides is 1. The minimum atomic E-state index is -3.62. The van der Waals surface area contributed by atoms with Crippen LogP contribution >= 0.6 is 34.8 Å². The molecule has 1 aromatic rings. The average Bonchev–Trinajstić information content (AvgIpc) is 2.22. The number of hydrogen-bond acceptors (Lipinski definition) is 2. The first-order valence-electron chi connectivity index (χ1n) is 4.37. The van der Waals surface area contributed by atoms with Crippen molar-refractivity contribution in [3.63, 3.8) is 0 Å². The first-order chi connectivity index (χ1) is 7.41. The Hall–Kier alpha value is -0.000000000000000111. The van der Waals surface area contributed by atoms with Gasteiger partial charge in [-0.15, -0.1) is 11.6 Å². The summed E-state index contributed by atoms with van der Waals surface area (Å²) in [6.45, 7) is 0.215. The third-order valence-electron chi connectivity index (χ3n) is 2.00. The summed E-state index contributed by atoms with van der Waals surface area (Å²) < 4.78 is 25.2. The lowest BCUT2D eigenvalue weighted by molar-refractivity contribution is 0.488. The van der Waals surface area contributed by atoms with Crippen LogP contribution in [0.25, 0.3) is 0 Å². The van der Waals surface area contributed by atoms with Gasteiger partial charge in [-0.2, -0.15) is 4.31 Å². The maximum Gasteiger partial charge on any atom is 0.244 e. The van der Waals surface area contributed by atoms with Crippen LogP contribution in [0.2, 0.25) is 10.0 Å². The fourth-order valence-corrected chi connectivity index (χ4v) is 3.35. The van der Waals surface area contributed by atoms with E-state index in [2.05, 4.69) is 0 Å². The van der Waals surface area contributed by atoms with E-state index < -0.39 is 10.0 Å². The SMILES string of the molecule is CN(CCCl)S(=O)(=O)c1cccc(Cl)c1Cl. The maximum absolute atomic E-state index is 12.0. The van der Waals surface area contributed by atoms with Gasteiger partial charge < -0.3 is 0 Å². The van der Waals surface area contributed by atoms with Crippen molar-refractivity contribution in [2.24, 2.45) is 0 Å². The maximum atomic E-state index is 12.0. The van der Waals surface area contributed by atoms with Crippen LogP contribution in [0.3, 0.4) is 0 Å². The zero-order valence-electron chi connectivity index (χ0n) is 8.45. The van der Waals surface area contributed by atoms with Gasteiger partial charge in [-0.3, -0.25) is 0 Å². The molecule has 0 aliphatic heterocycles. The Balaban J connectivity index is 3.22. The number of halogens is 3. The normalized spacial score (nSPS) is 12.1. The molecular weight excluding hydrogens is 293 g/mol. The van der Waals surface area contributed by atoms with E-state index in [4.69, 9.17) is 34.8 Å². The Morgan fingerprint density at radius 2 is 1.94 bits per heavy atom. The van der Waals surface area contributed by atoms with Crippen molar-refractivity contribution in [1.29, 1.82) is 0 Å². The lowest BCUT2D eigenvalue weighted by Gasteiger charge is -2.16. The predicted molar refractivity (Wildman–Crippen MR) is 67.0 cm³/mol. The number of hydrogen-bond donors (Lipinski definition) is 0. The molecule has 0 atom stereocenters. The van der Waals surface area contributed by atoms with Crippen LogP contribution < -0.4 is 0 Å². The fourth-order valence-electron chi connectivity index (χ4n) is 1.09. The smallest absolute Gasteiger partial charge is 0.207 e. The summed E-state index contributed by atoms with van der Waals surface area (Å²) in [5, 5.41) is 0.243. The molecule has 7 heteroatoms. The third kappa shape index (κ3) is 2.81. The second kappa shape index (κ2) is 5.56. The van der Waals surface area contributed by atoms with Gasteiger partial charge in [0.1, 0.15) is 4.90 Å². The van der Waals surface area contributed by atoms with Gasteiger partial charge in [0, 0.05) is 19.5 Å². The second-order valence-corrected chi connectivity index (χ2v) is 6.24. The Bertz CT molecular complexity index is 476. The van der Waals surface area contributed by atoms with Gasteiger partial charge in [-0.1, -0.05) is 29.3 Å². The fraction of sp³-hybridized carbons (Fsp3) is 0.333. The van der Waals surface area contributed by atoms with Crippen molar-refractivity contribution in [3.05, 3.63) is 28.2 Å². The quantitative estimate of drug-likeness (QED) is 0.802. The molecule has 0 saturated carbocycles. The molecule has 0 fully saturated rings. The molecule has 3 nitrogen and oxygen atoms in total. The Kier molecular flexibility index (Phi) is 4.88. The zero-order valence-corrected chi connectivity index (χ0v) is 11.5. The van der Waals surface area contributed by atoms with E-state index in [9.17, 15) is 8.42 Å². The monoisotopic (exact) mass is 301 g/mol. The van der Waals surface area contributed by atoms with Crippen molar-refractivity contribution < 1.29 is 8.42 Å². The molecule has 16 heavy (non-hydrogen) atoms. The molecule has 0 unspecified atom stereocenters. The Labute approximate surface area is 110 Å². The predicted octanol–water partition coefficient (Wildman–Crippen LogP) is 2.85. The van der Waals surface area contributed by atoms with Crippen LogP contribution in [0.15, 0.2) is 23.1 Å². The molecule has 0 heterocycles. The van der Waals surface area contributed by atoms with E-state index in [0.717, 1.165) is 4.31 Å². The molecule has 1 aromatic carbocycles. The molecule has 0 aromatic heterocycles. The zero-order chi connectivity index (χ0) is 12.3. The first kappa shape index (κ1) is 14.1. The van der Waals surface area contributed by atoms with Crippen molar-refractivity contribution in [2.75, 3.05) is 19.5 Å². The first-order valence-corrected chi connectivity index (χ1v) is 7.10. The van der Waals surface area contributed by atoms with Crippen LogP contribution in [0.4, 0.5) is 0 Å². The van der Waals surface area contributed by atoms with Crippen LogP contribution in [-0.2, 0) is 10.0 Å². The van der Waals surface area contributed by atoms with Crippen LogP contribution in [0, 0.1) is 0 Å². The van der Waals surface area contributed by atoms with Gasteiger partial charge in [-0.25, -0.2) is 8.42 Å². The summed E-state index contributed by atoms with van der Waals surface area (Å²) in [7, 11) is -2.18. The second-order valence-electron chi connectivity index (χ2n) is 3.07. The van der Waals surface area contributed by atoms with E-state index in [1.165, 1.54) is 25.2 Å². The highest BCUT2D eigenvalue weighted by Crippen LogP contribution is 2.30. The highest BCUT2D eigenvalue weighted by atomic mass is 35.5. The topological polar surface area (TPSA) is 37.4 Å². The van der Waals surface area contributed by atoms with E-state index in [1.54, 1.807) is 0 Å². The van der Waals surface area contributed by atoms with Gasteiger partial charge in [-0.05, 0) is 12.1 Å². The number of benzene rings is 1. The third-order valence-corrected chi connectivity index (χ3v) is 5.00. The van der Waals surface area contributed by atoms with E-state index >= 15 is 0 Å². The van der Waals surface area contributed by atoms with E-state index in [1.807, 2.05) is 0 Å². The van der Waals surface area contributed by atoms with Gasteiger partial charge in [0.05, 0.1) is 10.0 Å². The summed E-state index contributed by atoms with van der Waals surface area (Å²) in [6.07, 6.45) is 0. The standard InChI is InChI=1S/C9H10Cl3NO2S/c1-13(6-5-10)16(14,15)8-4-2-3-7(11)9(8)12/h2-4H,5-6H2,1H3. The molecule has 0 bridgehead atoms. The molecule has 0 amide bonds. The number of sulfonamides is 1. The van der Waals surface area contributed by atoms with Gasteiger partial charge in [0.25, 0.3) is 0 Å². The summed E-state index contributed by atoms with van der Waals surface area (Å²) in [6, 6.07) is 4.48. The summed E-state index contributed by atoms with van der Waals surface area (Å²) >= 11 is 17.1. The van der Waals surface area contributed by atoms with Gasteiger partial charge in [0.2, 0.25) is 10.0 Å². The molecular formula is C9H10Cl3NO2S. The van der Waals surface area contributed by atoms with E-state index in [0.29, 0.717) is 0 Å². The lowest BCUT2D eigenvalue weighted by atomic mass is 10.4. The molecule has 1 rings (SSSR count). The molecule has 0 N–H and O–H groups in total. The summed E-state index contributed by atoms with van der Waals surface area (Å²) in [5.74, 6) is 0.216. The van der Waals surface area contributed by atoms with Crippen LogP contribution in [-0.4, -0.2) is 32.2 Å². The molecule has 0 saturated heterocycles. The minimum Gasteiger partial charge on any atom is -0.207 e. The van der Waals surface area contributed by atoms with Crippen molar-refractivity contribution in [1.82, 2.24) is 4.31 Å². The van der Waals surface area contributed by atoms with Crippen molar-refractivity contribution in [2.45, 2.75) is 4.90 Å². The number of rotatable bonds is 4. The molecule has 0 spiro atoms.